The van der Waals surface area contributed by atoms with Crippen LogP contribution in [0.5, 0.6) is 5.75 Å². The van der Waals surface area contributed by atoms with Crippen LogP contribution in [0.1, 0.15) is 53.6 Å². The number of carbonyl (C=O) groups excluding carboxylic acids is 2. The van der Waals surface area contributed by atoms with Gasteiger partial charge in [-0.15, -0.1) is 0 Å². The molecule has 3 aromatic carbocycles. The van der Waals surface area contributed by atoms with E-state index in [2.05, 4.69) is 16.0 Å². The van der Waals surface area contributed by atoms with Gasteiger partial charge in [0, 0.05) is 5.69 Å². The van der Waals surface area contributed by atoms with Gasteiger partial charge in [0.15, 0.2) is 0 Å². The molecular weight excluding hydrogens is 505 g/mol. The smallest absolute Gasteiger partial charge is 0.870 e. The number of phenolic OH excluding ortho intramolecular Hbond substituents is 1. The molecule has 0 aromatic heterocycles. The van der Waals surface area contributed by atoms with Crippen LogP contribution in [0.4, 0.5) is 16.2 Å². The minimum atomic E-state index is -1.06. The third-order valence-corrected chi connectivity index (χ3v) is 7.11. The van der Waals surface area contributed by atoms with Crippen molar-refractivity contribution in [1.82, 2.24) is 5.32 Å². The van der Waals surface area contributed by atoms with Crippen molar-refractivity contribution in [2.75, 3.05) is 10.6 Å². The number of amides is 3. The van der Waals surface area contributed by atoms with E-state index in [4.69, 9.17) is 0 Å². The molecule has 0 radical (unpaired) electrons. The minimum absolute atomic E-state index is 0. The molecule has 0 unspecified atom stereocenters. The Morgan fingerprint density at radius 2 is 1.45 bits per heavy atom. The van der Waals surface area contributed by atoms with Gasteiger partial charge in [-0.3, -0.25) is 4.79 Å². The molecule has 1 fully saturated rings. The fourth-order valence-electron chi connectivity index (χ4n) is 5.03. The van der Waals surface area contributed by atoms with E-state index in [1.165, 1.54) is 0 Å². The summed E-state index contributed by atoms with van der Waals surface area (Å²) in [5, 5.41) is 27.9. The summed E-state index contributed by atoms with van der Waals surface area (Å²) in [6.07, 6.45) is 4.45. The number of phenols is 1. The van der Waals surface area contributed by atoms with Gasteiger partial charge in [0.2, 0.25) is 0 Å². The molecular formula is C30H34LiN3O6. The maximum Gasteiger partial charge on any atom is 1.00 e. The molecule has 3 aromatic rings. The maximum atomic E-state index is 13.4. The third-order valence-electron chi connectivity index (χ3n) is 7.11. The first-order valence-corrected chi connectivity index (χ1v) is 12.8. The summed E-state index contributed by atoms with van der Waals surface area (Å²) >= 11 is 0. The molecule has 9 nitrogen and oxygen atoms in total. The number of aliphatic carboxylic acids is 1. The molecule has 206 valence electrons. The largest absolute Gasteiger partial charge is 1.00 e. The first kappa shape index (κ1) is 32.4. The van der Waals surface area contributed by atoms with Crippen LogP contribution in [-0.2, 0) is 4.79 Å². The molecule has 1 aliphatic rings. The first-order valence-electron chi connectivity index (χ1n) is 12.8. The van der Waals surface area contributed by atoms with Crippen LogP contribution in [0.2, 0.25) is 0 Å². The van der Waals surface area contributed by atoms with E-state index >= 15 is 0 Å². The molecule has 0 heterocycles. The van der Waals surface area contributed by atoms with Crippen LogP contribution in [-0.4, -0.2) is 39.6 Å². The van der Waals surface area contributed by atoms with Crippen LogP contribution < -0.4 is 34.8 Å². The molecule has 0 aliphatic heterocycles. The van der Waals surface area contributed by atoms with Crippen molar-refractivity contribution in [3.05, 3.63) is 77.4 Å². The number of hydrogen-bond donors (Lipinski definition) is 5. The average Bonchev–Trinajstić information content (AvgIpc) is 2.90. The van der Waals surface area contributed by atoms with Crippen molar-refractivity contribution >= 4 is 29.3 Å². The molecule has 3 amide bonds. The van der Waals surface area contributed by atoms with Crippen molar-refractivity contribution < 1.29 is 48.9 Å². The quantitative estimate of drug-likeness (QED) is 0.291. The molecule has 0 spiro atoms. The van der Waals surface area contributed by atoms with Crippen LogP contribution in [0.15, 0.2) is 60.7 Å². The number of carbonyl (C=O) groups is 3. The summed E-state index contributed by atoms with van der Waals surface area (Å²) in [4.78, 5) is 38.5. The number of nitrogens with one attached hydrogen (secondary N) is 3. The number of hydrogen-bond acceptors (Lipinski definition) is 5. The van der Waals surface area contributed by atoms with Gasteiger partial charge in [0.1, 0.15) is 11.8 Å². The van der Waals surface area contributed by atoms with E-state index in [9.17, 15) is 24.6 Å². The fourth-order valence-corrected chi connectivity index (χ4v) is 5.03. The number of para-hydroxylation sites is 1. The van der Waals surface area contributed by atoms with Crippen LogP contribution in [0.25, 0.3) is 11.1 Å². The number of benzene rings is 3. The molecule has 0 saturated heterocycles. The van der Waals surface area contributed by atoms with Crippen LogP contribution in [0.3, 0.4) is 0 Å². The number of aromatic hydroxyl groups is 1. The Morgan fingerprint density at radius 1 is 0.850 bits per heavy atom. The summed E-state index contributed by atoms with van der Waals surface area (Å²) in [5.41, 5.74) is 4.36. The third kappa shape index (κ3) is 7.89. The van der Waals surface area contributed by atoms with Crippen molar-refractivity contribution in [1.29, 1.82) is 0 Å². The van der Waals surface area contributed by atoms with Gasteiger partial charge in [-0.05, 0) is 79.1 Å². The number of rotatable bonds is 7. The summed E-state index contributed by atoms with van der Waals surface area (Å²) in [5.74, 6) is -1.64. The molecule has 1 saturated carbocycles. The van der Waals surface area contributed by atoms with E-state index in [0.717, 1.165) is 48.8 Å². The predicted molar refractivity (Wildman–Crippen MR) is 150 cm³/mol. The molecule has 40 heavy (non-hydrogen) atoms. The van der Waals surface area contributed by atoms with Crippen molar-refractivity contribution in [2.24, 2.45) is 5.92 Å². The van der Waals surface area contributed by atoms with Gasteiger partial charge < -0.3 is 31.6 Å². The number of anilines is 2. The Balaban J connectivity index is 0.00000280. The monoisotopic (exact) mass is 539 g/mol. The molecule has 1 aliphatic carbocycles. The molecule has 6 N–H and O–H groups in total. The summed E-state index contributed by atoms with van der Waals surface area (Å²) in [6, 6.07) is 15.7. The Bertz CT molecular complexity index is 1320. The Hall–Kier alpha value is -3.77. The fraction of sp³-hybridized carbons (Fsp3) is 0.300. The zero-order valence-electron chi connectivity index (χ0n) is 23.0. The zero-order valence-corrected chi connectivity index (χ0v) is 23.0. The van der Waals surface area contributed by atoms with Crippen LogP contribution >= 0.6 is 0 Å². The Kier molecular flexibility index (Phi) is 11.8. The summed E-state index contributed by atoms with van der Waals surface area (Å²) < 4.78 is 0. The van der Waals surface area contributed by atoms with Gasteiger partial charge in [-0.1, -0.05) is 55.7 Å². The first-order chi connectivity index (χ1) is 18.2. The van der Waals surface area contributed by atoms with Gasteiger partial charge in [0.05, 0.1) is 11.3 Å². The summed E-state index contributed by atoms with van der Waals surface area (Å²) in [7, 11) is 0. The number of carboxylic acids is 1. The van der Waals surface area contributed by atoms with E-state index in [0.29, 0.717) is 11.3 Å². The second-order valence-corrected chi connectivity index (χ2v) is 9.84. The Morgan fingerprint density at radius 3 is 2.05 bits per heavy atom. The molecule has 4 rings (SSSR count). The van der Waals surface area contributed by atoms with E-state index < -0.39 is 23.9 Å². The van der Waals surface area contributed by atoms with Gasteiger partial charge in [0.25, 0.3) is 5.91 Å². The van der Waals surface area contributed by atoms with E-state index in [1.54, 1.807) is 42.5 Å². The van der Waals surface area contributed by atoms with Crippen molar-refractivity contribution in [3.8, 4) is 16.9 Å². The molecule has 10 heteroatoms. The van der Waals surface area contributed by atoms with E-state index in [-0.39, 0.29) is 47.3 Å². The predicted octanol–water partition coefficient (Wildman–Crippen LogP) is 2.91. The molecule has 1 atom stereocenters. The topological polar surface area (TPSA) is 158 Å². The normalized spacial score (nSPS) is 13.7. The van der Waals surface area contributed by atoms with E-state index in [1.807, 2.05) is 32.0 Å². The second-order valence-electron chi connectivity index (χ2n) is 9.84. The molecule has 0 bridgehead atoms. The average molecular weight is 540 g/mol. The minimum Gasteiger partial charge on any atom is -0.870 e. The van der Waals surface area contributed by atoms with Gasteiger partial charge in [-0.2, -0.15) is 0 Å². The number of aryl methyl sites for hydroxylation is 2. The summed E-state index contributed by atoms with van der Waals surface area (Å²) in [6.45, 7) is 3.79. The van der Waals surface area contributed by atoms with Crippen molar-refractivity contribution in [2.45, 2.75) is 52.0 Å². The second kappa shape index (κ2) is 14.6. The Labute approximate surface area is 245 Å². The number of urea groups is 1. The number of carboxylic acid groups (broad SMARTS) is 1. The SMILES string of the molecule is Cc1cccc(C)c1NC(=O)Nc1cc(-c2ccc(O)cc2)ccc1C(=O)N[C@H](C(=O)O)C1CCCCC1.[Li+].[OH-]. The standard InChI is InChI=1S/C30H33N3O5.Li.H2O/c1-18-7-6-8-19(2)26(18)33-30(38)31-25-17-22(20-11-14-23(34)15-12-20)13-16-24(25)28(35)32-27(29(36)37)21-9-4-3-5-10-21;;/h6-8,11-17,21,27,34H,3-5,9-10H2,1-2H3,(H,32,35)(H,36,37)(H2,31,33,38);;1H2/q;+1;/p-1/t27-;;/m0../s1. The zero-order chi connectivity index (χ0) is 27.2. The van der Waals surface area contributed by atoms with Crippen molar-refractivity contribution in [3.63, 3.8) is 0 Å². The van der Waals surface area contributed by atoms with Crippen LogP contribution in [0, 0.1) is 19.8 Å². The van der Waals surface area contributed by atoms with Gasteiger partial charge >= 0.3 is 30.9 Å². The van der Waals surface area contributed by atoms with Gasteiger partial charge in [-0.25, -0.2) is 9.59 Å². The maximum absolute atomic E-state index is 13.4.